The van der Waals surface area contributed by atoms with Gasteiger partial charge in [-0.1, -0.05) is 30.3 Å². The van der Waals surface area contributed by atoms with Crippen LogP contribution in [0.2, 0.25) is 0 Å². The number of methoxy groups -OCH3 is 1. The van der Waals surface area contributed by atoms with Crippen molar-refractivity contribution < 1.29 is 4.74 Å². The second-order valence-electron chi connectivity index (χ2n) is 3.69. The van der Waals surface area contributed by atoms with Gasteiger partial charge in [-0.2, -0.15) is 0 Å². The summed E-state index contributed by atoms with van der Waals surface area (Å²) < 4.78 is 5.12. The minimum absolute atomic E-state index is 0.512. The van der Waals surface area contributed by atoms with E-state index in [1.165, 1.54) is 5.56 Å². The number of ether oxygens (including phenoxy) is 1. The average Bonchev–Trinajstić information content (AvgIpc) is 2.40. The van der Waals surface area contributed by atoms with Crippen molar-refractivity contribution in [1.29, 1.82) is 0 Å². The van der Waals surface area contributed by atoms with E-state index < -0.39 is 0 Å². The Morgan fingerprint density at radius 3 is 2.71 bits per heavy atom. The highest BCUT2D eigenvalue weighted by Crippen LogP contribution is 2.14. The first kappa shape index (κ1) is 11.7. The van der Waals surface area contributed by atoms with Crippen LogP contribution in [0, 0.1) is 0 Å². The molecule has 1 aromatic carbocycles. The van der Waals surface area contributed by atoms with Gasteiger partial charge < -0.3 is 4.74 Å². The quantitative estimate of drug-likeness (QED) is 0.774. The third-order valence-corrected chi connectivity index (χ3v) is 2.93. The van der Waals surface area contributed by atoms with Crippen LogP contribution in [0.1, 0.15) is 16.7 Å². The summed E-state index contributed by atoms with van der Waals surface area (Å²) >= 11 is 5.18. The van der Waals surface area contributed by atoms with E-state index in [-0.39, 0.29) is 0 Å². The Labute approximate surface area is 106 Å². The average molecular weight is 243 g/mol. The monoisotopic (exact) mass is 243 g/mol. The van der Waals surface area contributed by atoms with E-state index in [4.69, 9.17) is 17.0 Å². The van der Waals surface area contributed by atoms with Gasteiger partial charge in [-0.25, -0.2) is 0 Å². The first-order valence-corrected chi connectivity index (χ1v) is 5.77. The Bertz CT molecular complexity index is 511. The Kier molecular flexibility index (Phi) is 3.83. The van der Waals surface area contributed by atoms with Crippen molar-refractivity contribution in [3.8, 4) is 0 Å². The van der Waals surface area contributed by atoms with Crippen LogP contribution in [0.25, 0.3) is 0 Å². The molecule has 0 spiro atoms. The molecule has 0 radical (unpaired) electrons. The van der Waals surface area contributed by atoms with Crippen LogP contribution >= 0.6 is 12.2 Å². The summed E-state index contributed by atoms with van der Waals surface area (Å²) in [5, 5.41) is 0.512. The fraction of sp³-hybridized carbons (Fsp3) is 0.143. The zero-order valence-electron chi connectivity index (χ0n) is 9.59. The molecule has 0 aliphatic heterocycles. The molecule has 0 fully saturated rings. The van der Waals surface area contributed by atoms with Crippen molar-refractivity contribution >= 4 is 17.3 Å². The molecule has 2 nitrogen and oxygen atoms in total. The first-order valence-electron chi connectivity index (χ1n) is 5.36. The second-order valence-corrected chi connectivity index (χ2v) is 4.06. The molecule has 17 heavy (non-hydrogen) atoms. The zero-order chi connectivity index (χ0) is 12.1. The van der Waals surface area contributed by atoms with Crippen LogP contribution in [-0.2, 0) is 11.2 Å². The van der Waals surface area contributed by atoms with E-state index in [0.717, 1.165) is 17.5 Å². The molecule has 0 atom stereocenters. The molecule has 2 aromatic rings. The van der Waals surface area contributed by atoms with Crippen molar-refractivity contribution in [2.24, 2.45) is 0 Å². The van der Waals surface area contributed by atoms with Crippen molar-refractivity contribution in [1.82, 2.24) is 4.98 Å². The Hall–Kier alpha value is -1.74. The molecule has 3 heteroatoms. The van der Waals surface area contributed by atoms with E-state index in [1.54, 1.807) is 13.3 Å². The van der Waals surface area contributed by atoms with E-state index in [2.05, 4.69) is 17.1 Å². The molecule has 0 N–H and O–H groups in total. The fourth-order valence-electron chi connectivity index (χ4n) is 1.69. The number of thiocarbonyl (C=S) groups is 1. The van der Waals surface area contributed by atoms with Gasteiger partial charge in [0, 0.05) is 18.0 Å². The van der Waals surface area contributed by atoms with Gasteiger partial charge in [0.05, 0.1) is 7.11 Å². The smallest absolute Gasteiger partial charge is 0.191 e. The lowest BCUT2D eigenvalue weighted by atomic mass is 10.0. The highest BCUT2D eigenvalue weighted by molar-refractivity contribution is 7.80. The number of nitrogens with zero attached hydrogens (tertiary/aromatic N) is 1. The van der Waals surface area contributed by atoms with Gasteiger partial charge in [-0.3, -0.25) is 4.98 Å². The number of pyridine rings is 1. The molecule has 1 aromatic heterocycles. The third kappa shape index (κ3) is 2.88. The zero-order valence-corrected chi connectivity index (χ0v) is 10.4. The summed E-state index contributed by atoms with van der Waals surface area (Å²) in [5.74, 6) is 0. The van der Waals surface area contributed by atoms with Crippen LogP contribution in [0.5, 0.6) is 0 Å². The van der Waals surface area contributed by atoms with Gasteiger partial charge in [0.2, 0.25) is 0 Å². The van der Waals surface area contributed by atoms with Crippen LogP contribution in [0.15, 0.2) is 48.8 Å². The van der Waals surface area contributed by atoms with Gasteiger partial charge in [-0.05, 0) is 35.8 Å². The molecular weight excluding hydrogens is 230 g/mol. The molecule has 0 saturated heterocycles. The second kappa shape index (κ2) is 5.55. The van der Waals surface area contributed by atoms with Gasteiger partial charge >= 0.3 is 0 Å². The van der Waals surface area contributed by atoms with Gasteiger partial charge in [0.15, 0.2) is 5.05 Å². The summed E-state index contributed by atoms with van der Waals surface area (Å²) in [6.45, 7) is 0. The minimum Gasteiger partial charge on any atom is -0.486 e. The predicted molar refractivity (Wildman–Crippen MR) is 72.2 cm³/mol. The molecule has 2 rings (SSSR count). The lowest BCUT2D eigenvalue weighted by molar-refractivity contribution is 0.415. The normalized spacial score (nSPS) is 9.94. The van der Waals surface area contributed by atoms with Crippen LogP contribution < -0.4 is 0 Å². The molecule has 86 valence electrons. The molecule has 0 unspecified atom stereocenters. The summed E-state index contributed by atoms with van der Waals surface area (Å²) in [5.41, 5.74) is 3.27. The highest BCUT2D eigenvalue weighted by Gasteiger charge is 2.08. The Balaban J connectivity index is 2.30. The summed E-state index contributed by atoms with van der Waals surface area (Å²) in [6.07, 6.45) is 4.39. The van der Waals surface area contributed by atoms with Crippen LogP contribution in [0.4, 0.5) is 0 Å². The number of benzene rings is 1. The van der Waals surface area contributed by atoms with Crippen molar-refractivity contribution in [3.63, 3.8) is 0 Å². The Morgan fingerprint density at radius 1 is 1.24 bits per heavy atom. The lowest BCUT2D eigenvalue weighted by Crippen LogP contribution is -2.05. The summed E-state index contributed by atoms with van der Waals surface area (Å²) in [6, 6.07) is 12.1. The number of hydrogen-bond donors (Lipinski definition) is 0. The van der Waals surface area contributed by atoms with Gasteiger partial charge in [-0.15, -0.1) is 0 Å². The molecule has 0 aliphatic rings. The standard InChI is InChI=1S/C14H13NOS/c1-16-14(17)13-7-8-15-10-12(13)9-11-5-3-2-4-6-11/h2-8,10H,9H2,1H3. The SMILES string of the molecule is COC(=S)c1ccncc1Cc1ccccc1. The maximum atomic E-state index is 5.18. The molecular formula is C14H13NOS. The van der Waals surface area contributed by atoms with E-state index in [9.17, 15) is 0 Å². The summed E-state index contributed by atoms with van der Waals surface area (Å²) in [7, 11) is 1.59. The predicted octanol–water partition coefficient (Wildman–Crippen LogP) is 2.99. The molecule has 0 saturated carbocycles. The highest BCUT2D eigenvalue weighted by atomic mass is 32.1. The van der Waals surface area contributed by atoms with Crippen LogP contribution in [-0.4, -0.2) is 17.1 Å². The number of hydrogen-bond acceptors (Lipinski definition) is 3. The van der Waals surface area contributed by atoms with E-state index in [1.807, 2.05) is 30.5 Å². The maximum Gasteiger partial charge on any atom is 0.191 e. The van der Waals surface area contributed by atoms with E-state index in [0.29, 0.717) is 5.05 Å². The van der Waals surface area contributed by atoms with Crippen molar-refractivity contribution in [2.45, 2.75) is 6.42 Å². The molecule has 0 bridgehead atoms. The molecule has 0 aliphatic carbocycles. The molecule has 0 amide bonds. The number of rotatable bonds is 3. The van der Waals surface area contributed by atoms with Crippen molar-refractivity contribution in [2.75, 3.05) is 7.11 Å². The topological polar surface area (TPSA) is 22.1 Å². The summed E-state index contributed by atoms with van der Waals surface area (Å²) in [4.78, 5) is 4.14. The largest absolute Gasteiger partial charge is 0.486 e. The maximum absolute atomic E-state index is 5.18. The Morgan fingerprint density at radius 2 is 2.00 bits per heavy atom. The number of aromatic nitrogens is 1. The molecule has 1 heterocycles. The van der Waals surface area contributed by atoms with E-state index >= 15 is 0 Å². The minimum atomic E-state index is 0.512. The van der Waals surface area contributed by atoms with Crippen molar-refractivity contribution in [3.05, 3.63) is 65.5 Å². The lowest BCUT2D eigenvalue weighted by Gasteiger charge is -2.09. The van der Waals surface area contributed by atoms with Crippen LogP contribution in [0.3, 0.4) is 0 Å². The fourth-order valence-corrected chi connectivity index (χ4v) is 1.89. The van der Waals surface area contributed by atoms with Gasteiger partial charge in [0.25, 0.3) is 0 Å². The van der Waals surface area contributed by atoms with Gasteiger partial charge in [0.1, 0.15) is 0 Å². The third-order valence-electron chi connectivity index (χ3n) is 2.55. The first-order chi connectivity index (χ1) is 8.31.